The fraction of sp³-hybridized carbons (Fsp3) is 0.214. The molecule has 0 unspecified atom stereocenters. The number of hydrogen-bond acceptors (Lipinski definition) is 4. The second-order valence-corrected chi connectivity index (χ2v) is 4.89. The molecule has 1 aromatic carbocycles. The summed E-state index contributed by atoms with van der Waals surface area (Å²) in [5.41, 5.74) is 1.63. The van der Waals surface area contributed by atoms with Gasteiger partial charge in [-0.3, -0.25) is 14.4 Å². The molecule has 0 aliphatic rings. The number of thioether (sulfide) groups is 1. The van der Waals surface area contributed by atoms with E-state index in [1.54, 1.807) is 24.3 Å². The lowest BCUT2D eigenvalue weighted by Gasteiger charge is -2.02. The number of carbonyl (C=O) groups excluding carboxylic acids is 3. The van der Waals surface area contributed by atoms with Crippen molar-refractivity contribution >= 4 is 35.5 Å². The second kappa shape index (κ2) is 7.61. The van der Waals surface area contributed by atoms with Crippen molar-refractivity contribution in [3.8, 4) is 0 Å². The molecule has 3 nitrogen and oxygen atoms in total. The maximum Gasteiger partial charge on any atom is 0.185 e. The van der Waals surface area contributed by atoms with Crippen molar-refractivity contribution in [3.05, 3.63) is 41.0 Å². The van der Waals surface area contributed by atoms with Crippen LogP contribution >= 0.6 is 11.8 Å². The lowest BCUT2D eigenvalue weighted by Crippen LogP contribution is -1.93. The third-order valence-electron chi connectivity index (χ3n) is 2.30. The SMILES string of the molecule is CC(=O)SCCC=Cc1c(C=O)cccc1C=O. The molecule has 1 rings (SSSR count). The molecule has 0 bridgehead atoms. The lowest BCUT2D eigenvalue weighted by atomic mass is 10.0. The van der Waals surface area contributed by atoms with Gasteiger partial charge < -0.3 is 0 Å². The van der Waals surface area contributed by atoms with Crippen molar-refractivity contribution < 1.29 is 14.4 Å². The van der Waals surface area contributed by atoms with Crippen molar-refractivity contribution in [1.82, 2.24) is 0 Å². The standard InChI is InChI=1S/C14H14O3S/c1-11(17)18-8-3-2-7-14-12(9-15)5-4-6-13(14)10-16/h2,4-7,9-10H,3,8H2,1H3. The molecular formula is C14H14O3S. The summed E-state index contributed by atoms with van der Waals surface area (Å²) >= 11 is 1.26. The molecule has 0 amide bonds. The average Bonchev–Trinajstić information content (AvgIpc) is 2.37. The highest BCUT2D eigenvalue weighted by Crippen LogP contribution is 2.15. The molecular weight excluding hydrogens is 248 g/mol. The Morgan fingerprint density at radius 3 is 2.33 bits per heavy atom. The van der Waals surface area contributed by atoms with Crippen LogP contribution in [0.4, 0.5) is 0 Å². The number of benzene rings is 1. The van der Waals surface area contributed by atoms with Crippen molar-refractivity contribution in [2.24, 2.45) is 0 Å². The maximum absolute atomic E-state index is 10.9. The van der Waals surface area contributed by atoms with Crippen molar-refractivity contribution in [3.63, 3.8) is 0 Å². The zero-order valence-electron chi connectivity index (χ0n) is 10.1. The van der Waals surface area contributed by atoms with Gasteiger partial charge in [0.05, 0.1) is 0 Å². The van der Waals surface area contributed by atoms with E-state index in [9.17, 15) is 14.4 Å². The summed E-state index contributed by atoms with van der Waals surface area (Å²) in [5, 5.41) is 0.0882. The van der Waals surface area contributed by atoms with Crippen LogP contribution in [0.25, 0.3) is 6.08 Å². The molecule has 0 heterocycles. The summed E-state index contributed by atoms with van der Waals surface area (Å²) in [7, 11) is 0. The van der Waals surface area contributed by atoms with Crippen LogP contribution in [0.2, 0.25) is 0 Å². The van der Waals surface area contributed by atoms with E-state index in [4.69, 9.17) is 0 Å². The number of aldehydes is 2. The van der Waals surface area contributed by atoms with Crippen LogP contribution in [-0.4, -0.2) is 23.4 Å². The van der Waals surface area contributed by atoms with Crippen LogP contribution in [0.5, 0.6) is 0 Å². The predicted octanol–water partition coefficient (Wildman–Crippen LogP) is 2.99. The Labute approximate surface area is 110 Å². The second-order valence-electron chi connectivity index (χ2n) is 3.62. The minimum Gasteiger partial charge on any atom is -0.298 e. The molecule has 0 fully saturated rings. The minimum atomic E-state index is 0.0882. The molecule has 0 saturated heterocycles. The highest BCUT2D eigenvalue weighted by Gasteiger charge is 2.03. The Kier molecular flexibility index (Phi) is 6.08. The summed E-state index contributed by atoms with van der Waals surface area (Å²) in [6.07, 6.45) is 5.81. The van der Waals surface area contributed by atoms with Gasteiger partial charge in [-0.25, -0.2) is 0 Å². The molecule has 1 aromatic rings. The summed E-state index contributed by atoms with van der Waals surface area (Å²) in [6, 6.07) is 5.02. The number of allylic oxidation sites excluding steroid dienone is 1. The molecule has 94 valence electrons. The average molecular weight is 262 g/mol. The van der Waals surface area contributed by atoms with Crippen molar-refractivity contribution in [1.29, 1.82) is 0 Å². The third-order valence-corrected chi connectivity index (χ3v) is 3.15. The Morgan fingerprint density at radius 1 is 1.22 bits per heavy atom. The lowest BCUT2D eigenvalue weighted by molar-refractivity contribution is -0.109. The van der Waals surface area contributed by atoms with Gasteiger partial charge in [0.2, 0.25) is 0 Å². The van der Waals surface area contributed by atoms with Gasteiger partial charge in [-0.1, -0.05) is 42.1 Å². The summed E-state index contributed by atoms with van der Waals surface area (Å²) in [6.45, 7) is 1.53. The van der Waals surface area contributed by atoms with Gasteiger partial charge in [0.15, 0.2) is 17.7 Å². The molecule has 0 saturated carbocycles. The van der Waals surface area contributed by atoms with Gasteiger partial charge in [-0.05, 0) is 12.0 Å². The molecule has 0 radical (unpaired) electrons. The topological polar surface area (TPSA) is 51.2 Å². The van der Waals surface area contributed by atoms with Gasteiger partial charge in [0, 0.05) is 23.8 Å². The van der Waals surface area contributed by atoms with E-state index >= 15 is 0 Å². The minimum absolute atomic E-state index is 0.0882. The first kappa shape index (κ1) is 14.4. The highest BCUT2D eigenvalue weighted by molar-refractivity contribution is 8.13. The van der Waals surface area contributed by atoms with E-state index < -0.39 is 0 Å². The molecule has 4 heteroatoms. The van der Waals surface area contributed by atoms with Gasteiger partial charge in [0.25, 0.3) is 0 Å². The first-order valence-corrected chi connectivity index (χ1v) is 6.51. The normalized spacial score (nSPS) is 10.5. The zero-order valence-corrected chi connectivity index (χ0v) is 10.9. The van der Waals surface area contributed by atoms with E-state index in [1.165, 1.54) is 18.7 Å². The highest BCUT2D eigenvalue weighted by atomic mass is 32.2. The smallest absolute Gasteiger partial charge is 0.185 e. The Hall–Kier alpha value is -1.68. The Bertz CT molecular complexity index is 452. The number of hydrogen-bond donors (Lipinski definition) is 0. The molecule has 0 atom stereocenters. The molecule has 0 aromatic heterocycles. The van der Waals surface area contributed by atoms with Crippen molar-refractivity contribution in [2.45, 2.75) is 13.3 Å². The number of carbonyl (C=O) groups is 3. The molecule has 0 aliphatic carbocycles. The van der Waals surface area contributed by atoms with Crippen LogP contribution in [-0.2, 0) is 4.79 Å². The van der Waals surface area contributed by atoms with Gasteiger partial charge in [0.1, 0.15) is 0 Å². The van der Waals surface area contributed by atoms with Crippen LogP contribution in [0.3, 0.4) is 0 Å². The summed E-state index contributed by atoms with van der Waals surface area (Å²) < 4.78 is 0. The fourth-order valence-corrected chi connectivity index (χ4v) is 2.01. The third kappa shape index (κ3) is 4.30. The van der Waals surface area contributed by atoms with Gasteiger partial charge in [-0.15, -0.1) is 0 Å². The Balaban J connectivity index is 2.76. The largest absolute Gasteiger partial charge is 0.298 e. The van der Waals surface area contributed by atoms with Gasteiger partial charge in [-0.2, -0.15) is 0 Å². The predicted molar refractivity (Wildman–Crippen MR) is 74.0 cm³/mol. The van der Waals surface area contributed by atoms with E-state index in [-0.39, 0.29) is 5.12 Å². The van der Waals surface area contributed by atoms with E-state index in [2.05, 4.69) is 0 Å². The summed E-state index contributed by atoms with van der Waals surface area (Å²) in [4.78, 5) is 32.5. The molecule has 18 heavy (non-hydrogen) atoms. The number of rotatable bonds is 6. The van der Waals surface area contributed by atoms with Gasteiger partial charge >= 0.3 is 0 Å². The van der Waals surface area contributed by atoms with E-state index in [0.717, 1.165) is 19.0 Å². The first-order valence-electron chi connectivity index (χ1n) is 5.52. The maximum atomic E-state index is 10.9. The molecule has 0 N–H and O–H groups in total. The van der Waals surface area contributed by atoms with Crippen LogP contribution < -0.4 is 0 Å². The molecule has 0 aliphatic heterocycles. The zero-order chi connectivity index (χ0) is 13.4. The quantitative estimate of drug-likeness (QED) is 0.584. The molecule has 0 spiro atoms. The van der Waals surface area contributed by atoms with Crippen LogP contribution in [0.15, 0.2) is 24.3 Å². The van der Waals surface area contributed by atoms with Crippen LogP contribution in [0, 0.1) is 0 Å². The van der Waals surface area contributed by atoms with E-state index in [1.807, 2.05) is 6.08 Å². The van der Waals surface area contributed by atoms with Crippen molar-refractivity contribution in [2.75, 3.05) is 5.75 Å². The van der Waals surface area contributed by atoms with Crippen LogP contribution in [0.1, 0.15) is 39.6 Å². The summed E-state index contributed by atoms with van der Waals surface area (Å²) in [5.74, 6) is 0.700. The Morgan fingerprint density at radius 2 is 1.83 bits per heavy atom. The monoisotopic (exact) mass is 262 g/mol. The van der Waals surface area contributed by atoms with E-state index in [0.29, 0.717) is 22.4 Å². The fourth-order valence-electron chi connectivity index (χ4n) is 1.47. The first-order chi connectivity index (χ1) is 8.69.